The molecule has 5 aromatic rings. The highest BCUT2D eigenvalue weighted by atomic mass is 32.1. The molecule has 0 spiro atoms. The number of ketones is 1. The third kappa shape index (κ3) is 12.3. The highest BCUT2D eigenvalue weighted by molar-refractivity contribution is 7.21. The van der Waals surface area contributed by atoms with Crippen LogP contribution >= 0.6 is 11.3 Å². The summed E-state index contributed by atoms with van der Waals surface area (Å²) in [5.41, 5.74) is 3.21. The van der Waals surface area contributed by atoms with Crippen molar-refractivity contribution in [3.63, 3.8) is 0 Å². The van der Waals surface area contributed by atoms with Crippen LogP contribution in [0.25, 0.3) is 26.9 Å². The van der Waals surface area contributed by atoms with Gasteiger partial charge in [-0.25, -0.2) is 4.98 Å². The van der Waals surface area contributed by atoms with Crippen LogP contribution in [0.2, 0.25) is 0 Å². The molecule has 6 rings (SSSR count). The summed E-state index contributed by atoms with van der Waals surface area (Å²) in [5.74, 6) is 3.70. The molecule has 12 heteroatoms. The molecule has 1 fully saturated rings. The maximum absolute atomic E-state index is 13.2. The zero-order valence-corrected chi connectivity index (χ0v) is 39.3. The SMILES string of the molecule is C=CC.CC.COc1ccc(/C=C/C(=O)c2cc(OC)c(OC)c(OC)c2)cc1OC(C)C(C)N1CCN(C(C)C(C)Oc2cc(-c3nc4ccccc4s3)ccc2OC)CC1. The Labute approximate surface area is 372 Å². The van der Waals surface area contributed by atoms with Crippen LogP contribution in [-0.4, -0.2) is 107 Å². The summed E-state index contributed by atoms with van der Waals surface area (Å²) < 4.78 is 41.9. The van der Waals surface area contributed by atoms with E-state index < -0.39 is 0 Å². The van der Waals surface area contributed by atoms with E-state index in [1.54, 1.807) is 49.8 Å². The van der Waals surface area contributed by atoms with Gasteiger partial charge in [-0.1, -0.05) is 44.2 Å². The Bertz CT molecular complexity index is 2170. The molecule has 4 unspecified atom stereocenters. The Hall–Kier alpha value is -5.56. The van der Waals surface area contributed by atoms with E-state index in [1.165, 1.54) is 27.4 Å². The van der Waals surface area contributed by atoms with Crippen molar-refractivity contribution in [2.24, 2.45) is 0 Å². The van der Waals surface area contributed by atoms with Gasteiger partial charge in [0.05, 0.1) is 45.8 Å². The van der Waals surface area contributed by atoms with Crippen LogP contribution in [0.15, 0.2) is 91.5 Å². The first-order chi connectivity index (χ1) is 30.0. The molecule has 0 N–H and O–H groups in total. The topological polar surface area (TPSA) is 101 Å². The van der Waals surface area contributed by atoms with Gasteiger partial charge in [0.15, 0.2) is 40.3 Å². The fourth-order valence-electron chi connectivity index (χ4n) is 7.02. The highest BCUT2D eigenvalue weighted by Crippen LogP contribution is 2.39. The third-order valence-electron chi connectivity index (χ3n) is 10.8. The van der Waals surface area contributed by atoms with Crippen molar-refractivity contribution in [2.75, 3.05) is 61.7 Å². The Morgan fingerprint density at radius 2 is 1.18 bits per heavy atom. The molecule has 62 heavy (non-hydrogen) atoms. The standard InChI is InChI=1S/C45H53N3O8S.C3H6.C2H6/c1-28(30(3)55-39-24-32(15-18-37(39)50-5)14-17-36(49)34-26-41(52-7)44(54-9)42(27-34)53-8)47-20-22-48(23-21-47)29(2)31(4)56-40-25-33(16-19-38(40)51-6)45-46-35-12-10-11-13-43(35)57-45;1-3-2;1-2/h10-19,24-31H,20-23H2,1-9H3;3H,1H2,2H3;1-2H3/b17-14+;;. The van der Waals surface area contributed by atoms with Crippen LogP contribution in [-0.2, 0) is 0 Å². The van der Waals surface area contributed by atoms with E-state index >= 15 is 0 Å². The predicted molar refractivity (Wildman–Crippen MR) is 254 cm³/mol. The molecule has 1 aliphatic rings. The second kappa shape index (κ2) is 24.2. The number of ether oxygens (including phenoxy) is 7. The van der Waals surface area contributed by atoms with Gasteiger partial charge in [-0.2, -0.15) is 0 Å². The maximum Gasteiger partial charge on any atom is 0.203 e. The van der Waals surface area contributed by atoms with E-state index in [4.69, 9.17) is 38.1 Å². The molecule has 1 saturated heterocycles. The van der Waals surface area contributed by atoms with Crippen molar-refractivity contribution in [1.29, 1.82) is 0 Å². The zero-order valence-electron chi connectivity index (χ0n) is 38.5. The molecule has 4 atom stereocenters. The maximum atomic E-state index is 13.2. The minimum Gasteiger partial charge on any atom is -0.493 e. The van der Waals surface area contributed by atoms with Crippen LogP contribution in [0.3, 0.4) is 0 Å². The molecular weight excluding hydrogens is 803 g/mol. The number of allylic oxidation sites excluding steroid dienone is 2. The third-order valence-corrected chi connectivity index (χ3v) is 11.8. The molecule has 0 saturated carbocycles. The van der Waals surface area contributed by atoms with Crippen molar-refractivity contribution < 1.29 is 38.0 Å². The Balaban J connectivity index is 0.00000162. The number of carbonyl (C=O) groups excluding carboxylic acids is 1. The van der Waals surface area contributed by atoms with Crippen molar-refractivity contribution in [3.05, 3.63) is 103 Å². The van der Waals surface area contributed by atoms with E-state index in [0.29, 0.717) is 45.8 Å². The number of fused-ring (bicyclic) bond motifs is 1. The van der Waals surface area contributed by atoms with E-state index in [1.807, 2.05) is 75.4 Å². The lowest BCUT2D eigenvalue weighted by Crippen LogP contribution is -2.56. The van der Waals surface area contributed by atoms with Gasteiger partial charge in [-0.3, -0.25) is 14.6 Å². The Kier molecular flexibility index (Phi) is 19.1. The fourth-order valence-corrected chi connectivity index (χ4v) is 7.98. The number of rotatable bonds is 17. The zero-order chi connectivity index (χ0) is 45.3. The summed E-state index contributed by atoms with van der Waals surface area (Å²) in [4.78, 5) is 23.0. The summed E-state index contributed by atoms with van der Waals surface area (Å²) in [6.45, 7) is 21.5. The number of hydrogen-bond acceptors (Lipinski definition) is 12. The lowest BCUT2D eigenvalue weighted by atomic mass is 10.1. The number of para-hydroxylation sites is 1. The predicted octanol–water partition coefficient (Wildman–Crippen LogP) is 10.8. The lowest BCUT2D eigenvalue weighted by Gasteiger charge is -2.43. The van der Waals surface area contributed by atoms with E-state index in [9.17, 15) is 4.79 Å². The van der Waals surface area contributed by atoms with Gasteiger partial charge in [-0.15, -0.1) is 17.9 Å². The normalized spacial score (nSPS) is 14.8. The van der Waals surface area contributed by atoms with Gasteiger partial charge >= 0.3 is 0 Å². The van der Waals surface area contributed by atoms with Crippen molar-refractivity contribution >= 4 is 33.4 Å². The first kappa shape index (κ1) is 49.1. The molecule has 0 bridgehead atoms. The summed E-state index contributed by atoms with van der Waals surface area (Å²) >= 11 is 1.67. The smallest absolute Gasteiger partial charge is 0.203 e. The number of thiazole rings is 1. The largest absolute Gasteiger partial charge is 0.493 e. The van der Waals surface area contributed by atoms with Crippen LogP contribution in [0.1, 0.15) is 64.4 Å². The number of benzene rings is 4. The second-order valence-electron chi connectivity index (χ2n) is 14.5. The first-order valence-electron chi connectivity index (χ1n) is 21.1. The molecule has 4 aromatic carbocycles. The van der Waals surface area contributed by atoms with Gasteiger partial charge < -0.3 is 33.2 Å². The summed E-state index contributed by atoms with van der Waals surface area (Å²) in [6.07, 6.45) is 4.80. The second-order valence-corrected chi connectivity index (χ2v) is 15.5. The van der Waals surface area contributed by atoms with Gasteiger partial charge in [-0.05, 0) is 101 Å². The summed E-state index contributed by atoms with van der Waals surface area (Å²) in [6, 6.07) is 23.4. The van der Waals surface area contributed by atoms with E-state index in [2.05, 4.69) is 50.1 Å². The number of piperazine rings is 1. The number of hydrogen-bond donors (Lipinski definition) is 0. The van der Waals surface area contributed by atoms with Gasteiger partial charge in [0.2, 0.25) is 5.75 Å². The lowest BCUT2D eigenvalue weighted by molar-refractivity contribution is 0.0115. The van der Waals surface area contributed by atoms with Crippen LogP contribution < -0.4 is 33.2 Å². The average molecular weight is 868 g/mol. The number of aromatic nitrogens is 1. The first-order valence-corrected chi connectivity index (χ1v) is 21.9. The minimum atomic E-state index is -0.210. The average Bonchev–Trinajstić information content (AvgIpc) is 3.75. The van der Waals surface area contributed by atoms with Crippen molar-refractivity contribution in [1.82, 2.24) is 14.8 Å². The highest BCUT2D eigenvalue weighted by Gasteiger charge is 2.30. The molecule has 1 aliphatic heterocycles. The Morgan fingerprint density at radius 1 is 0.677 bits per heavy atom. The Morgan fingerprint density at radius 3 is 1.68 bits per heavy atom. The fraction of sp³-hybridized carbons (Fsp3) is 0.400. The molecule has 2 heterocycles. The van der Waals surface area contributed by atoms with Crippen LogP contribution in [0.4, 0.5) is 0 Å². The molecule has 1 aromatic heterocycles. The van der Waals surface area contributed by atoms with E-state index in [0.717, 1.165) is 52.5 Å². The molecule has 0 amide bonds. The van der Waals surface area contributed by atoms with Crippen LogP contribution in [0, 0.1) is 0 Å². The number of carbonyl (C=O) groups is 1. The number of methoxy groups -OCH3 is 5. The molecule has 0 aliphatic carbocycles. The molecule has 334 valence electrons. The number of nitrogens with zero attached hydrogens (tertiary/aromatic N) is 3. The molecular formula is C50H65N3O8S. The van der Waals surface area contributed by atoms with Gasteiger partial charge in [0.25, 0.3) is 0 Å². The quantitative estimate of drug-likeness (QED) is 0.0507. The van der Waals surface area contributed by atoms with Crippen LogP contribution in [0.5, 0.6) is 40.2 Å². The summed E-state index contributed by atoms with van der Waals surface area (Å²) in [7, 11) is 7.86. The molecule has 11 nitrogen and oxygen atoms in total. The molecule has 0 radical (unpaired) electrons. The van der Waals surface area contributed by atoms with Crippen molar-refractivity contribution in [2.45, 2.75) is 72.8 Å². The van der Waals surface area contributed by atoms with Gasteiger partial charge in [0, 0.05) is 49.4 Å². The monoisotopic (exact) mass is 867 g/mol. The minimum absolute atomic E-state index is 0.0818. The summed E-state index contributed by atoms with van der Waals surface area (Å²) in [5, 5.41) is 0.955. The van der Waals surface area contributed by atoms with E-state index in [-0.39, 0.29) is 30.1 Å². The van der Waals surface area contributed by atoms with Crippen molar-refractivity contribution in [3.8, 4) is 50.8 Å². The van der Waals surface area contributed by atoms with Gasteiger partial charge in [0.1, 0.15) is 17.2 Å².